The van der Waals surface area contributed by atoms with Crippen molar-refractivity contribution in [2.45, 2.75) is 20.0 Å². The van der Waals surface area contributed by atoms with Crippen LogP contribution in [0.15, 0.2) is 82.5 Å². The lowest BCUT2D eigenvalue weighted by molar-refractivity contribution is 0.460. The molecule has 0 bridgehead atoms. The summed E-state index contributed by atoms with van der Waals surface area (Å²) in [6.07, 6.45) is 3.30. The average Bonchev–Trinajstić information content (AvgIpc) is 3.30. The summed E-state index contributed by atoms with van der Waals surface area (Å²) in [6.45, 7) is 3.01. The molecule has 176 valence electrons. The van der Waals surface area contributed by atoms with Crippen LogP contribution in [0.2, 0.25) is 0 Å². The van der Waals surface area contributed by atoms with Crippen LogP contribution in [-0.4, -0.2) is 23.0 Å². The molecule has 0 aliphatic rings. The minimum atomic E-state index is -0.316. The van der Waals surface area contributed by atoms with E-state index in [1.165, 1.54) is 17.7 Å². The zero-order valence-corrected chi connectivity index (χ0v) is 21.1. The summed E-state index contributed by atoms with van der Waals surface area (Å²) in [5.41, 5.74) is 3.84. The number of pyridine rings is 1. The molecule has 2 aromatic heterocycles. The Morgan fingerprint density at radius 3 is 2.50 bits per heavy atom. The highest BCUT2D eigenvalue weighted by molar-refractivity contribution is 14.0. The fraction of sp³-hybridized carbons (Fsp3) is 0.160. The van der Waals surface area contributed by atoms with Crippen LogP contribution in [-0.2, 0) is 13.1 Å². The van der Waals surface area contributed by atoms with E-state index in [-0.39, 0.29) is 29.8 Å². The number of guanidine groups is 1. The highest BCUT2D eigenvalue weighted by atomic mass is 127. The average molecular weight is 573 g/mol. The molecule has 9 heteroatoms. The monoisotopic (exact) mass is 573 g/mol. The lowest BCUT2D eigenvalue weighted by atomic mass is 10.1. The van der Waals surface area contributed by atoms with Gasteiger partial charge in [-0.05, 0) is 55.0 Å². The normalized spacial score (nSPS) is 11.0. The SMILES string of the molecule is CN=C(NCc1ccnc(Oc2ccc(F)cc2)c1)NCc1coc(-c2ccc(C)cc2)n1.I. The number of oxazole rings is 1. The van der Waals surface area contributed by atoms with Crippen LogP contribution < -0.4 is 15.4 Å². The third-order valence-electron chi connectivity index (χ3n) is 4.81. The second kappa shape index (κ2) is 12.1. The minimum Gasteiger partial charge on any atom is -0.444 e. The van der Waals surface area contributed by atoms with Crippen LogP contribution in [0, 0.1) is 12.7 Å². The Hall–Kier alpha value is -3.47. The number of aromatic nitrogens is 2. The number of hydrogen-bond acceptors (Lipinski definition) is 5. The topological polar surface area (TPSA) is 84.6 Å². The molecule has 0 amide bonds. The Morgan fingerprint density at radius 2 is 1.76 bits per heavy atom. The van der Waals surface area contributed by atoms with Gasteiger partial charge < -0.3 is 19.8 Å². The number of nitrogens with one attached hydrogen (secondary N) is 2. The third kappa shape index (κ3) is 7.01. The number of aryl methyl sites for hydroxylation is 1. The summed E-state index contributed by atoms with van der Waals surface area (Å²) < 4.78 is 24.3. The van der Waals surface area contributed by atoms with Crippen molar-refractivity contribution < 1.29 is 13.5 Å². The Morgan fingerprint density at radius 1 is 1.03 bits per heavy atom. The van der Waals surface area contributed by atoms with Crippen LogP contribution >= 0.6 is 24.0 Å². The van der Waals surface area contributed by atoms with E-state index in [0.29, 0.717) is 36.6 Å². The van der Waals surface area contributed by atoms with Gasteiger partial charge in [-0.2, -0.15) is 0 Å². The van der Waals surface area contributed by atoms with Crippen molar-refractivity contribution in [1.82, 2.24) is 20.6 Å². The van der Waals surface area contributed by atoms with Gasteiger partial charge in [0.25, 0.3) is 0 Å². The Balaban J connectivity index is 0.00000324. The van der Waals surface area contributed by atoms with Crippen molar-refractivity contribution in [2.75, 3.05) is 7.05 Å². The van der Waals surface area contributed by atoms with E-state index < -0.39 is 0 Å². The van der Waals surface area contributed by atoms with Gasteiger partial charge in [-0.15, -0.1) is 24.0 Å². The molecule has 7 nitrogen and oxygen atoms in total. The summed E-state index contributed by atoms with van der Waals surface area (Å²) in [4.78, 5) is 13.0. The minimum absolute atomic E-state index is 0. The van der Waals surface area contributed by atoms with Crippen molar-refractivity contribution in [3.8, 4) is 23.1 Å². The van der Waals surface area contributed by atoms with Crippen molar-refractivity contribution in [1.29, 1.82) is 0 Å². The molecule has 4 rings (SSSR count). The van der Waals surface area contributed by atoms with Crippen molar-refractivity contribution in [3.05, 3.63) is 95.8 Å². The molecule has 0 aliphatic carbocycles. The van der Waals surface area contributed by atoms with Gasteiger partial charge in [0.2, 0.25) is 11.8 Å². The first-order valence-corrected chi connectivity index (χ1v) is 10.4. The predicted molar refractivity (Wildman–Crippen MR) is 140 cm³/mol. The molecule has 0 saturated heterocycles. The molecule has 2 N–H and O–H groups in total. The molecule has 0 atom stereocenters. The Labute approximate surface area is 214 Å². The van der Waals surface area contributed by atoms with Gasteiger partial charge in [0.1, 0.15) is 17.8 Å². The lowest BCUT2D eigenvalue weighted by Gasteiger charge is -2.11. The van der Waals surface area contributed by atoms with Gasteiger partial charge >= 0.3 is 0 Å². The Kier molecular flexibility index (Phi) is 8.97. The molecule has 0 fully saturated rings. The number of hydrogen-bond donors (Lipinski definition) is 2. The molecule has 0 saturated carbocycles. The highest BCUT2D eigenvalue weighted by Crippen LogP contribution is 2.21. The molecule has 2 aromatic carbocycles. The van der Waals surface area contributed by atoms with Crippen molar-refractivity contribution >= 4 is 29.9 Å². The zero-order valence-electron chi connectivity index (χ0n) is 18.8. The lowest BCUT2D eigenvalue weighted by Crippen LogP contribution is -2.36. The molecule has 4 aromatic rings. The van der Waals surface area contributed by atoms with E-state index in [1.54, 1.807) is 31.6 Å². The number of rotatable bonds is 7. The van der Waals surface area contributed by atoms with Gasteiger partial charge in [0.15, 0.2) is 5.96 Å². The maximum atomic E-state index is 13.1. The van der Waals surface area contributed by atoms with E-state index in [4.69, 9.17) is 9.15 Å². The Bertz CT molecular complexity index is 1230. The summed E-state index contributed by atoms with van der Waals surface area (Å²) in [5.74, 6) is 1.83. The summed E-state index contributed by atoms with van der Waals surface area (Å²) in [7, 11) is 1.70. The second-order valence-corrected chi connectivity index (χ2v) is 7.35. The second-order valence-electron chi connectivity index (χ2n) is 7.35. The van der Waals surface area contributed by atoms with E-state index in [9.17, 15) is 4.39 Å². The maximum absolute atomic E-state index is 13.1. The van der Waals surface area contributed by atoms with E-state index in [0.717, 1.165) is 16.8 Å². The van der Waals surface area contributed by atoms with E-state index in [1.807, 2.05) is 43.3 Å². The molecule has 0 unspecified atom stereocenters. The summed E-state index contributed by atoms with van der Waals surface area (Å²) in [5, 5.41) is 6.47. The fourth-order valence-electron chi connectivity index (χ4n) is 3.04. The first-order chi connectivity index (χ1) is 16.1. The van der Waals surface area contributed by atoms with Crippen LogP contribution in [0.1, 0.15) is 16.8 Å². The molecular weight excluding hydrogens is 548 g/mol. The van der Waals surface area contributed by atoms with Crippen molar-refractivity contribution in [3.63, 3.8) is 0 Å². The first kappa shape index (κ1) is 25.2. The van der Waals surface area contributed by atoms with Gasteiger partial charge in [-0.1, -0.05) is 17.7 Å². The molecule has 0 radical (unpaired) electrons. The first-order valence-electron chi connectivity index (χ1n) is 10.4. The number of ether oxygens (including phenoxy) is 1. The predicted octanol–water partition coefficient (Wildman–Crippen LogP) is 5.46. The summed E-state index contributed by atoms with van der Waals surface area (Å²) in [6, 6.07) is 17.5. The quantitative estimate of drug-likeness (QED) is 0.174. The van der Waals surface area contributed by atoms with Crippen LogP contribution in [0.3, 0.4) is 0 Å². The number of halogens is 2. The fourth-order valence-corrected chi connectivity index (χ4v) is 3.04. The molecule has 0 aliphatic heterocycles. The molecule has 34 heavy (non-hydrogen) atoms. The smallest absolute Gasteiger partial charge is 0.226 e. The van der Waals surface area contributed by atoms with Crippen LogP contribution in [0.4, 0.5) is 4.39 Å². The molecule has 2 heterocycles. The van der Waals surface area contributed by atoms with Gasteiger partial charge in [-0.3, -0.25) is 4.99 Å². The zero-order chi connectivity index (χ0) is 23.0. The summed E-state index contributed by atoms with van der Waals surface area (Å²) >= 11 is 0. The standard InChI is InChI=1S/C25H24FN5O2.HI/c1-17-3-5-19(6-4-17)24-31-21(16-32-24)15-30-25(27-2)29-14-18-11-12-28-23(13-18)33-22-9-7-20(26)8-10-22;/h3-13,16H,14-15H2,1-2H3,(H2,27,29,30);1H. The van der Waals surface area contributed by atoms with Crippen molar-refractivity contribution in [2.24, 2.45) is 4.99 Å². The van der Waals surface area contributed by atoms with E-state index in [2.05, 4.69) is 25.6 Å². The van der Waals surface area contributed by atoms with Gasteiger partial charge in [0.05, 0.1) is 12.2 Å². The molecular formula is C25H25FIN5O2. The van der Waals surface area contributed by atoms with Gasteiger partial charge in [-0.25, -0.2) is 14.4 Å². The van der Waals surface area contributed by atoms with Crippen LogP contribution in [0.25, 0.3) is 11.5 Å². The number of nitrogens with zero attached hydrogens (tertiary/aromatic N) is 3. The largest absolute Gasteiger partial charge is 0.444 e. The number of aliphatic imine (C=N–C) groups is 1. The van der Waals surface area contributed by atoms with Crippen LogP contribution in [0.5, 0.6) is 11.6 Å². The maximum Gasteiger partial charge on any atom is 0.226 e. The molecule has 0 spiro atoms. The third-order valence-corrected chi connectivity index (χ3v) is 4.81. The van der Waals surface area contributed by atoms with E-state index >= 15 is 0 Å². The number of benzene rings is 2. The van der Waals surface area contributed by atoms with Gasteiger partial charge in [0, 0.05) is 31.4 Å². The highest BCUT2D eigenvalue weighted by Gasteiger charge is 2.08.